The van der Waals surface area contributed by atoms with Crippen LogP contribution in [0.25, 0.3) is 103 Å². The summed E-state index contributed by atoms with van der Waals surface area (Å²) in [5.41, 5.74) is 13.2. The predicted molar refractivity (Wildman–Crippen MR) is 264 cm³/mol. The largest absolute Gasteiger partial charge is 0.455 e. The zero-order valence-electron chi connectivity index (χ0n) is 33.5. The number of rotatable bonds is 6. The number of hydrogen-bond acceptors (Lipinski definition) is 3. The lowest BCUT2D eigenvalue weighted by molar-refractivity contribution is 0.672. The lowest BCUT2D eigenvalue weighted by Gasteiger charge is -2.27. The van der Waals surface area contributed by atoms with E-state index in [2.05, 4.69) is 228 Å². The summed E-state index contributed by atoms with van der Waals surface area (Å²) in [4.78, 5) is 2.40. The second kappa shape index (κ2) is 13.8. The second-order valence-electron chi connectivity index (χ2n) is 16.1. The molecule has 0 unspecified atom stereocenters. The Morgan fingerprint density at radius 2 is 1.03 bits per heavy atom. The molecule has 0 spiro atoms. The molecule has 10 aromatic carbocycles. The molecule has 3 nitrogen and oxygen atoms in total. The number of thiophene rings is 1. The first-order valence-corrected chi connectivity index (χ1v) is 21.9. The van der Waals surface area contributed by atoms with Crippen LogP contribution in [-0.2, 0) is 0 Å². The van der Waals surface area contributed by atoms with Crippen molar-refractivity contribution >= 4 is 103 Å². The minimum Gasteiger partial charge on any atom is -0.455 e. The van der Waals surface area contributed by atoms with Gasteiger partial charge in [-0.05, 0) is 113 Å². The van der Waals surface area contributed by atoms with E-state index in [1.165, 1.54) is 58.5 Å². The van der Waals surface area contributed by atoms with Crippen molar-refractivity contribution in [2.24, 2.45) is 0 Å². The average molecular weight is 809 g/mol. The molecular formula is C58H36N2OS. The molecule has 0 radical (unpaired) electrons. The summed E-state index contributed by atoms with van der Waals surface area (Å²) in [6, 6.07) is 79.2. The fourth-order valence-electron chi connectivity index (χ4n) is 9.71. The van der Waals surface area contributed by atoms with Crippen LogP contribution in [0.3, 0.4) is 0 Å². The zero-order chi connectivity index (χ0) is 40.7. The number of anilines is 3. The minimum atomic E-state index is 0.864. The number of para-hydroxylation sites is 2. The van der Waals surface area contributed by atoms with Gasteiger partial charge in [0.25, 0.3) is 0 Å². The van der Waals surface area contributed by atoms with Gasteiger partial charge < -0.3 is 13.9 Å². The number of nitrogens with zero attached hydrogens (tertiary/aromatic N) is 2. The molecule has 62 heavy (non-hydrogen) atoms. The van der Waals surface area contributed by atoms with Crippen LogP contribution in [0.5, 0.6) is 0 Å². The molecule has 3 heterocycles. The van der Waals surface area contributed by atoms with Crippen molar-refractivity contribution in [3.63, 3.8) is 0 Å². The van der Waals surface area contributed by atoms with Crippen molar-refractivity contribution in [1.82, 2.24) is 4.57 Å². The van der Waals surface area contributed by atoms with Crippen LogP contribution in [0.1, 0.15) is 0 Å². The van der Waals surface area contributed by atoms with Crippen molar-refractivity contribution in [1.29, 1.82) is 0 Å². The third-order valence-corrected chi connectivity index (χ3v) is 13.7. The monoisotopic (exact) mass is 808 g/mol. The molecule has 3 aromatic heterocycles. The Hall–Kier alpha value is -7.92. The molecule has 0 atom stereocenters. The van der Waals surface area contributed by atoms with E-state index in [9.17, 15) is 0 Å². The highest BCUT2D eigenvalue weighted by Gasteiger charge is 2.21. The van der Waals surface area contributed by atoms with Gasteiger partial charge in [0.05, 0.1) is 22.1 Å². The first-order chi connectivity index (χ1) is 30.7. The standard InChI is InChI=1S/C58H36N2OS/c1-2-17-45-38(12-1)28-32-49-57-53(23-11-24-54(57)61-58(45)49)59(43-15-10-14-40(35-43)41-29-33-56-50(36-41)48-20-5-8-25-55(48)62-56)42-30-26-37(27-31-42)39-13-9-16-44(34-39)60-51-21-6-3-18-46(51)47-19-4-7-22-52(47)60/h1-36H. The van der Waals surface area contributed by atoms with E-state index in [1.54, 1.807) is 0 Å². The van der Waals surface area contributed by atoms with Crippen LogP contribution in [0.2, 0.25) is 0 Å². The number of benzene rings is 10. The molecule has 0 fully saturated rings. The van der Waals surface area contributed by atoms with Crippen LogP contribution in [0.4, 0.5) is 17.1 Å². The fourth-order valence-corrected chi connectivity index (χ4v) is 10.8. The summed E-state index contributed by atoms with van der Waals surface area (Å²) < 4.78 is 11.7. The topological polar surface area (TPSA) is 21.3 Å². The van der Waals surface area contributed by atoms with Gasteiger partial charge >= 0.3 is 0 Å². The van der Waals surface area contributed by atoms with Gasteiger partial charge in [0.1, 0.15) is 11.2 Å². The Kier molecular flexibility index (Phi) is 7.78. The van der Waals surface area contributed by atoms with Crippen molar-refractivity contribution < 1.29 is 4.42 Å². The maximum absolute atomic E-state index is 6.73. The van der Waals surface area contributed by atoms with E-state index in [0.29, 0.717) is 0 Å². The quantitative estimate of drug-likeness (QED) is 0.167. The summed E-state index contributed by atoms with van der Waals surface area (Å²) in [6.07, 6.45) is 0. The number of fused-ring (bicyclic) bond motifs is 11. The van der Waals surface area contributed by atoms with Crippen LogP contribution in [0.15, 0.2) is 223 Å². The Balaban J connectivity index is 0.966. The molecule has 0 bridgehead atoms. The zero-order valence-corrected chi connectivity index (χ0v) is 34.3. The number of hydrogen-bond donors (Lipinski definition) is 0. The van der Waals surface area contributed by atoms with Gasteiger partial charge in [-0.2, -0.15) is 0 Å². The number of aromatic nitrogens is 1. The molecule has 0 amide bonds. The molecule has 0 N–H and O–H groups in total. The van der Waals surface area contributed by atoms with Crippen molar-refractivity contribution in [3.8, 4) is 27.9 Å². The third kappa shape index (κ3) is 5.44. The van der Waals surface area contributed by atoms with Gasteiger partial charge in [-0.15, -0.1) is 11.3 Å². The molecule has 0 aliphatic heterocycles. The van der Waals surface area contributed by atoms with Gasteiger partial charge in [0.2, 0.25) is 0 Å². The molecule has 290 valence electrons. The predicted octanol–water partition coefficient (Wildman–Crippen LogP) is 17.0. The Morgan fingerprint density at radius 1 is 0.387 bits per heavy atom. The van der Waals surface area contributed by atoms with E-state index < -0.39 is 0 Å². The van der Waals surface area contributed by atoms with E-state index in [0.717, 1.165) is 61.2 Å². The molecule has 0 saturated carbocycles. The van der Waals surface area contributed by atoms with Crippen LogP contribution in [-0.4, -0.2) is 4.57 Å². The minimum absolute atomic E-state index is 0.864. The molecule has 0 saturated heterocycles. The van der Waals surface area contributed by atoms with Gasteiger partial charge in [-0.3, -0.25) is 0 Å². The average Bonchev–Trinajstić information content (AvgIpc) is 4.02. The molecule has 13 rings (SSSR count). The highest BCUT2D eigenvalue weighted by Crippen LogP contribution is 2.46. The summed E-state index contributed by atoms with van der Waals surface area (Å²) in [7, 11) is 0. The van der Waals surface area contributed by atoms with Crippen LogP contribution in [0, 0.1) is 0 Å². The van der Waals surface area contributed by atoms with Crippen molar-refractivity contribution in [2.45, 2.75) is 0 Å². The van der Waals surface area contributed by atoms with E-state index in [4.69, 9.17) is 4.42 Å². The van der Waals surface area contributed by atoms with E-state index >= 15 is 0 Å². The van der Waals surface area contributed by atoms with Crippen molar-refractivity contribution in [3.05, 3.63) is 218 Å². The Bertz CT molecular complexity index is 3830. The number of furan rings is 1. The lowest BCUT2D eigenvalue weighted by Crippen LogP contribution is -2.10. The second-order valence-corrected chi connectivity index (χ2v) is 17.2. The Morgan fingerprint density at radius 3 is 1.85 bits per heavy atom. The van der Waals surface area contributed by atoms with Gasteiger partial charge in [0, 0.05) is 58.8 Å². The van der Waals surface area contributed by atoms with E-state index in [-0.39, 0.29) is 0 Å². The highest BCUT2D eigenvalue weighted by molar-refractivity contribution is 7.25. The first kappa shape index (κ1) is 34.9. The van der Waals surface area contributed by atoms with Crippen LogP contribution < -0.4 is 4.90 Å². The van der Waals surface area contributed by atoms with E-state index in [1.807, 2.05) is 11.3 Å². The molecule has 4 heteroatoms. The fraction of sp³-hybridized carbons (Fsp3) is 0. The maximum atomic E-state index is 6.73. The maximum Gasteiger partial charge on any atom is 0.143 e. The molecular weight excluding hydrogens is 773 g/mol. The smallest absolute Gasteiger partial charge is 0.143 e. The van der Waals surface area contributed by atoms with Gasteiger partial charge in [0.15, 0.2) is 0 Å². The summed E-state index contributed by atoms with van der Waals surface area (Å²) >= 11 is 1.85. The van der Waals surface area contributed by atoms with Gasteiger partial charge in [-0.1, -0.05) is 133 Å². The summed E-state index contributed by atoms with van der Waals surface area (Å²) in [5, 5.41) is 9.59. The van der Waals surface area contributed by atoms with Gasteiger partial charge in [-0.25, -0.2) is 0 Å². The SMILES string of the molecule is c1cc(-c2ccc3sc4ccccc4c3c2)cc(N(c2ccc(-c3cccc(-n4c5ccccc5c5ccccc54)c3)cc2)c2cccc3oc4c5ccccc5ccc4c23)c1. The van der Waals surface area contributed by atoms with Crippen molar-refractivity contribution in [2.75, 3.05) is 4.90 Å². The molecule has 13 aromatic rings. The summed E-state index contributed by atoms with van der Waals surface area (Å²) in [6.45, 7) is 0. The normalized spacial score (nSPS) is 11.9. The lowest BCUT2D eigenvalue weighted by atomic mass is 10.0. The van der Waals surface area contributed by atoms with Crippen LogP contribution >= 0.6 is 11.3 Å². The first-order valence-electron chi connectivity index (χ1n) is 21.1. The molecule has 0 aliphatic carbocycles. The molecule has 0 aliphatic rings. The Labute approximate surface area is 361 Å². The summed E-state index contributed by atoms with van der Waals surface area (Å²) in [5.74, 6) is 0. The highest BCUT2D eigenvalue weighted by atomic mass is 32.1. The third-order valence-electron chi connectivity index (χ3n) is 12.6.